The molecule has 160 valence electrons. The van der Waals surface area contributed by atoms with Gasteiger partial charge in [-0.05, 0) is 18.9 Å². The molecule has 0 amide bonds. The molecule has 0 rings (SSSR count). The second-order valence-corrected chi connectivity index (χ2v) is 8.05. The van der Waals surface area contributed by atoms with Gasteiger partial charge < -0.3 is 10.2 Å². The van der Waals surface area contributed by atoms with Crippen LogP contribution >= 0.6 is 0 Å². The SMILES string of the molecule is CCCCCCCCCCCCCCCCCCCCC/C=C(\O)C(=O)O. The van der Waals surface area contributed by atoms with Gasteiger partial charge in [-0.2, -0.15) is 0 Å². The molecule has 0 aliphatic heterocycles. The number of hydrogen-bond donors (Lipinski definition) is 2. The summed E-state index contributed by atoms with van der Waals surface area (Å²) in [5.41, 5.74) is 0. The molecule has 0 saturated carbocycles. The molecule has 0 aromatic rings. The van der Waals surface area contributed by atoms with E-state index in [0.29, 0.717) is 6.42 Å². The molecule has 0 aliphatic rings. The zero-order chi connectivity index (χ0) is 20.0. The van der Waals surface area contributed by atoms with Crippen molar-refractivity contribution in [3.8, 4) is 0 Å². The summed E-state index contributed by atoms with van der Waals surface area (Å²) >= 11 is 0. The van der Waals surface area contributed by atoms with Crippen molar-refractivity contribution >= 4 is 5.97 Å². The molecule has 0 fully saturated rings. The minimum absolute atomic E-state index is 0.516. The summed E-state index contributed by atoms with van der Waals surface area (Å²) in [5, 5.41) is 17.6. The molecule has 0 heterocycles. The maximum atomic E-state index is 10.4. The Labute approximate surface area is 168 Å². The highest BCUT2D eigenvalue weighted by Crippen LogP contribution is 2.14. The van der Waals surface area contributed by atoms with Crippen molar-refractivity contribution in [1.29, 1.82) is 0 Å². The molecular weight excluding hydrogens is 336 g/mol. The number of carboxylic acid groups (broad SMARTS) is 1. The normalized spacial score (nSPS) is 11.8. The van der Waals surface area contributed by atoms with Crippen LogP contribution in [0.5, 0.6) is 0 Å². The lowest BCUT2D eigenvalue weighted by Gasteiger charge is -2.04. The zero-order valence-corrected chi connectivity index (χ0v) is 18.0. The number of carbonyl (C=O) groups is 1. The van der Waals surface area contributed by atoms with E-state index in [1.165, 1.54) is 115 Å². The van der Waals surface area contributed by atoms with E-state index < -0.39 is 11.7 Å². The average molecular weight is 383 g/mol. The summed E-state index contributed by atoms with van der Waals surface area (Å²) < 4.78 is 0. The fourth-order valence-electron chi connectivity index (χ4n) is 3.55. The van der Waals surface area contributed by atoms with Crippen LogP contribution in [0.3, 0.4) is 0 Å². The second-order valence-electron chi connectivity index (χ2n) is 8.05. The predicted molar refractivity (Wildman–Crippen MR) is 116 cm³/mol. The summed E-state index contributed by atoms with van der Waals surface area (Å²) in [6.45, 7) is 2.28. The Balaban J connectivity index is 3.09. The van der Waals surface area contributed by atoms with E-state index >= 15 is 0 Å². The van der Waals surface area contributed by atoms with Crippen LogP contribution < -0.4 is 0 Å². The standard InChI is InChI=1S/C24H46O3/c1-2-3-4-5-6-7-8-9-10-11-12-13-14-15-16-17-18-19-20-21-22-23(25)24(26)27/h22,25H,2-21H2,1H3,(H,26,27)/b23-22-. The molecule has 0 aromatic heterocycles. The lowest BCUT2D eigenvalue weighted by Crippen LogP contribution is -1.98. The Morgan fingerprint density at radius 1 is 0.556 bits per heavy atom. The third kappa shape index (κ3) is 21.2. The summed E-state index contributed by atoms with van der Waals surface area (Å²) in [7, 11) is 0. The van der Waals surface area contributed by atoms with Gasteiger partial charge in [0.1, 0.15) is 0 Å². The molecule has 0 spiro atoms. The van der Waals surface area contributed by atoms with Gasteiger partial charge in [-0.3, -0.25) is 0 Å². The second kappa shape index (κ2) is 21.3. The van der Waals surface area contributed by atoms with Crippen LogP contribution in [0.2, 0.25) is 0 Å². The first-order chi connectivity index (χ1) is 13.2. The van der Waals surface area contributed by atoms with Crippen LogP contribution in [0.25, 0.3) is 0 Å². The smallest absolute Gasteiger partial charge is 0.370 e. The number of hydrogen-bond acceptors (Lipinski definition) is 2. The number of unbranched alkanes of at least 4 members (excludes halogenated alkanes) is 19. The van der Waals surface area contributed by atoms with Crippen molar-refractivity contribution in [1.82, 2.24) is 0 Å². The number of aliphatic hydroxyl groups is 1. The van der Waals surface area contributed by atoms with Gasteiger partial charge in [0.15, 0.2) is 5.76 Å². The fourth-order valence-corrected chi connectivity index (χ4v) is 3.55. The number of aliphatic carboxylic acids is 1. The van der Waals surface area contributed by atoms with E-state index in [1.54, 1.807) is 0 Å². The molecule has 0 aromatic carbocycles. The zero-order valence-electron chi connectivity index (χ0n) is 18.0. The molecule has 0 radical (unpaired) electrons. The lowest BCUT2D eigenvalue weighted by molar-refractivity contribution is -0.135. The van der Waals surface area contributed by atoms with Crippen molar-refractivity contribution in [2.24, 2.45) is 0 Å². The molecule has 0 aliphatic carbocycles. The van der Waals surface area contributed by atoms with E-state index in [0.717, 1.165) is 12.8 Å². The van der Waals surface area contributed by atoms with Crippen LogP contribution in [-0.2, 0) is 4.79 Å². The van der Waals surface area contributed by atoms with Crippen LogP contribution in [0.15, 0.2) is 11.8 Å². The topological polar surface area (TPSA) is 57.5 Å². The fraction of sp³-hybridized carbons (Fsp3) is 0.875. The molecule has 27 heavy (non-hydrogen) atoms. The highest BCUT2D eigenvalue weighted by Gasteiger charge is 2.01. The molecular formula is C24H46O3. The summed E-state index contributed by atoms with van der Waals surface area (Å²) in [5.74, 6) is -1.75. The molecule has 2 N–H and O–H groups in total. The maximum Gasteiger partial charge on any atom is 0.370 e. The number of allylic oxidation sites excluding steroid dienone is 1. The summed E-state index contributed by atoms with van der Waals surface area (Å²) in [6, 6.07) is 0. The first-order valence-electron chi connectivity index (χ1n) is 11.8. The van der Waals surface area contributed by atoms with E-state index in [2.05, 4.69) is 6.92 Å². The summed E-state index contributed by atoms with van der Waals surface area (Å²) in [4.78, 5) is 10.4. The number of rotatable bonds is 21. The molecule has 0 bridgehead atoms. The Bertz CT molecular complexity index is 350. The van der Waals surface area contributed by atoms with Crippen molar-refractivity contribution in [3.63, 3.8) is 0 Å². The van der Waals surface area contributed by atoms with Gasteiger partial charge in [0.05, 0.1) is 0 Å². The van der Waals surface area contributed by atoms with Crippen LogP contribution in [-0.4, -0.2) is 16.2 Å². The number of aliphatic hydroxyl groups excluding tert-OH is 1. The Hall–Kier alpha value is -0.990. The predicted octanol–water partition coefficient (Wildman–Crippen LogP) is 8.33. The van der Waals surface area contributed by atoms with E-state index in [4.69, 9.17) is 10.2 Å². The monoisotopic (exact) mass is 382 g/mol. The van der Waals surface area contributed by atoms with Gasteiger partial charge in [-0.1, -0.05) is 122 Å². The van der Waals surface area contributed by atoms with E-state index in [9.17, 15) is 4.79 Å². The highest BCUT2D eigenvalue weighted by atomic mass is 16.4. The lowest BCUT2D eigenvalue weighted by atomic mass is 10.0. The van der Waals surface area contributed by atoms with Crippen molar-refractivity contribution < 1.29 is 15.0 Å². The first kappa shape index (κ1) is 26.0. The van der Waals surface area contributed by atoms with Gasteiger partial charge in [-0.15, -0.1) is 0 Å². The number of carboxylic acids is 1. The Morgan fingerprint density at radius 3 is 1.15 bits per heavy atom. The van der Waals surface area contributed by atoms with Crippen LogP contribution in [0, 0.1) is 0 Å². The molecule has 0 atom stereocenters. The first-order valence-corrected chi connectivity index (χ1v) is 11.8. The van der Waals surface area contributed by atoms with Crippen LogP contribution in [0.4, 0.5) is 0 Å². The van der Waals surface area contributed by atoms with Crippen molar-refractivity contribution in [3.05, 3.63) is 11.8 Å². The molecule has 0 saturated heterocycles. The quantitative estimate of drug-likeness (QED) is 0.119. The van der Waals surface area contributed by atoms with Gasteiger partial charge in [-0.25, -0.2) is 4.79 Å². The third-order valence-corrected chi connectivity index (χ3v) is 5.36. The van der Waals surface area contributed by atoms with Crippen molar-refractivity contribution in [2.75, 3.05) is 0 Å². The van der Waals surface area contributed by atoms with Gasteiger partial charge in [0.25, 0.3) is 0 Å². The van der Waals surface area contributed by atoms with Gasteiger partial charge >= 0.3 is 5.97 Å². The van der Waals surface area contributed by atoms with Crippen molar-refractivity contribution in [2.45, 2.75) is 135 Å². The van der Waals surface area contributed by atoms with Gasteiger partial charge in [0.2, 0.25) is 0 Å². The molecule has 0 unspecified atom stereocenters. The molecule has 3 nitrogen and oxygen atoms in total. The van der Waals surface area contributed by atoms with Crippen LogP contribution in [0.1, 0.15) is 135 Å². The Morgan fingerprint density at radius 2 is 0.852 bits per heavy atom. The third-order valence-electron chi connectivity index (χ3n) is 5.36. The minimum Gasteiger partial charge on any atom is -0.502 e. The molecule has 3 heteroatoms. The van der Waals surface area contributed by atoms with Gasteiger partial charge in [0, 0.05) is 0 Å². The minimum atomic E-state index is -1.23. The summed E-state index contributed by atoms with van der Waals surface area (Å²) in [6.07, 6.45) is 27.8. The van der Waals surface area contributed by atoms with E-state index in [-0.39, 0.29) is 0 Å². The highest BCUT2D eigenvalue weighted by molar-refractivity contribution is 5.83. The average Bonchev–Trinajstić information content (AvgIpc) is 2.66. The largest absolute Gasteiger partial charge is 0.502 e. The maximum absolute atomic E-state index is 10.4. The van der Waals surface area contributed by atoms with E-state index in [1.807, 2.05) is 0 Å². The Kier molecular flexibility index (Phi) is 20.5.